The second-order valence-corrected chi connectivity index (χ2v) is 7.47. The number of fused-ring (bicyclic) bond motifs is 2. The summed E-state index contributed by atoms with van der Waals surface area (Å²) in [6, 6.07) is 22.0. The summed E-state index contributed by atoms with van der Waals surface area (Å²) in [4.78, 5) is 12.5. The molecule has 3 heterocycles. The van der Waals surface area contributed by atoms with Crippen LogP contribution in [-0.4, -0.2) is 24.0 Å². The molecule has 5 heteroatoms. The van der Waals surface area contributed by atoms with E-state index in [1.807, 2.05) is 60.7 Å². The van der Waals surface area contributed by atoms with Crippen LogP contribution in [0, 0.1) is 0 Å². The van der Waals surface area contributed by atoms with Crippen LogP contribution < -0.4 is 15.4 Å². The average molecular weight is 374 g/mol. The van der Waals surface area contributed by atoms with E-state index in [0.717, 1.165) is 29.9 Å². The van der Waals surface area contributed by atoms with Crippen molar-refractivity contribution in [3.05, 3.63) is 72.5 Å². The van der Waals surface area contributed by atoms with Gasteiger partial charge in [-0.15, -0.1) is 0 Å². The highest BCUT2D eigenvalue weighted by molar-refractivity contribution is 5.92. The van der Waals surface area contributed by atoms with E-state index in [-0.39, 0.29) is 11.9 Å². The molecule has 5 rings (SSSR count). The molecule has 2 aliphatic heterocycles. The topological polar surface area (TPSA) is 63.5 Å². The Morgan fingerprint density at radius 2 is 1.75 bits per heavy atom. The van der Waals surface area contributed by atoms with Crippen molar-refractivity contribution in [1.82, 2.24) is 10.6 Å². The summed E-state index contributed by atoms with van der Waals surface area (Å²) in [7, 11) is 0. The Morgan fingerprint density at radius 1 is 0.964 bits per heavy atom. The molecule has 28 heavy (non-hydrogen) atoms. The lowest BCUT2D eigenvalue weighted by molar-refractivity contribution is 0.0903. The molecule has 0 radical (unpaired) electrons. The zero-order valence-electron chi connectivity index (χ0n) is 15.4. The van der Waals surface area contributed by atoms with Gasteiger partial charge in [0.2, 0.25) is 0 Å². The molecule has 1 amide bonds. The van der Waals surface area contributed by atoms with Crippen LogP contribution in [0.15, 0.2) is 71.1 Å². The minimum absolute atomic E-state index is 0.144. The Balaban J connectivity index is 1.24. The predicted octanol–water partition coefficient (Wildman–Crippen LogP) is 4.36. The summed E-state index contributed by atoms with van der Waals surface area (Å²) in [6.45, 7) is 0. The molecule has 2 N–H and O–H groups in total. The predicted molar refractivity (Wildman–Crippen MR) is 106 cm³/mol. The molecular weight excluding hydrogens is 352 g/mol. The number of furan rings is 1. The van der Waals surface area contributed by atoms with Gasteiger partial charge in [0.15, 0.2) is 5.76 Å². The van der Waals surface area contributed by atoms with Crippen molar-refractivity contribution in [1.29, 1.82) is 0 Å². The quantitative estimate of drug-likeness (QED) is 0.696. The number of benzene rings is 2. The van der Waals surface area contributed by atoms with Gasteiger partial charge in [0.05, 0.1) is 0 Å². The minimum Gasteiger partial charge on any atom is -0.457 e. The molecule has 1 aromatic heterocycles. The zero-order valence-corrected chi connectivity index (χ0v) is 15.4. The smallest absolute Gasteiger partial charge is 0.287 e. The SMILES string of the molecule is O=C(NC1CC2CCC1N2)c1ccc(-c2ccc(Oc3ccccc3)cc2)o1. The lowest BCUT2D eigenvalue weighted by Gasteiger charge is -2.20. The van der Waals surface area contributed by atoms with E-state index in [4.69, 9.17) is 9.15 Å². The third kappa shape index (κ3) is 3.41. The van der Waals surface area contributed by atoms with Crippen LogP contribution in [0.2, 0.25) is 0 Å². The molecule has 0 aliphatic carbocycles. The van der Waals surface area contributed by atoms with Gasteiger partial charge in [-0.25, -0.2) is 0 Å². The van der Waals surface area contributed by atoms with Gasteiger partial charge in [-0.3, -0.25) is 4.79 Å². The molecule has 142 valence electrons. The van der Waals surface area contributed by atoms with Crippen molar-refractivity contribution < 1.29 is 13.9 Å². The Hall–Kier alpha value is -3.05. The van der Waals surface area contributed by atoms with E-state index in [9.17, 15) is 4.79 Å². The first-order valence-electron chi connectivity index (χ1n) is 9.75. The first kappa shape index (κ1) is 17.1. The summed E-state index contributed by atoms with van der Waals surface area (Å²) < 4.78 is 11.6. The van der Waals surface area contributed by atoms with E-state index in [1.165, 1.54) is 6.42 Å². The molecule has 0 saturated carbocycles. The molecule has 3 atom stereocenters. The molecule has 3 unspecified atom stereocenters. The second-order valence-electron chi connectivity index (χ2n) is 7.47. The van der Waals surface area contributed by atoms with Crippen molar-refractivity contribution in [3.63, 3.8) is 0 Å². The number of nitrogens with one attached hydrogen (secondary N) is 2. The van der Waals surface area contributed by atoms with E-state index >= 15 is 0 Å². The lowest BCUT2D eigenvalue weighted by atomic mass is 9.95. The van der Waals surface area contributed by atoms with Crippen LogP contribution in [-0.2, 0) is 0 Å². The number of para-hydroxylation sites is 1. The van der Waals surface area contributed by atoms with Crippen LogP contribution in [0.3, 0.4) is 0 Å². The standard InChI is InChI=1S/C23H22N2O3/c26-23(25-20-14-16-8-11-19(20)24-16)22-13-12-21(28-22)15-6-9-18(10-7-15)27-17-4-2-1-3-5-17/h1-7,9-10,12-13,16,19-20,24H,8,11,14H2,(H,25,26). The number of amides is 1. The Labute approximate surface area is 163 Å². The van der Waals surface area contributed by atoms with Crippen LogP contribution in [0.5, 0.6) is 11.5 Å². The Morgan fingerprint density at radius 3 is 2.46 bits per heavy atom. The maximum Gasteiger partial charge on any atom is 0.287 e. The molecule has 2 saturated heterocycles. The number of carbonyl (C=O) groups is 1. The summed E-state index contributed by atoms with van der Waals surface area (Å²) in [5.41, 5.74) is 0.904. The first-order chi connectivity index (χ1) is 13.7. The largest absolute Gasteiger partial charge is 0.457 e. The molecular formula is C23H22N2O3. The average Bonchev–Trinajstić information content (AvgIpc) is 3.46. The first-order valence-corrected chi connectivity index (χ1v) is 9.75. The number of carbonyl (C=O) groups excluding carboxylic acids is 1. The summed E-state index contributed by atoms with van der Waals surface area (Å²) in [5.74, 6) is 2.42. The number of hydrogen-bond acceptors (Lipinski definition) is 4. The van der Waals surface area contributed by atoms with Crippen LogP contribution in [0.1, 0.15) is 29.8 Å². The van der Waals surface area contributed by atoms with Crippen molar-refractivity contribution in [3.8, 4) is 22.8 Å². The number of ether oxygens (including phenoxy) is 1. The fourth-order valence-electron chi connectivity index (χ4n) is 4.15. The van der Waals surface area contributed by atoms with Crippen LogP contribution in [0.25, 0.3) is 11.3 Å². The Bertz CT molecular complexity index is 965. The molecule has 2 fully saturated rings. The lowest BCUT2D eigenvalue weighted by Crippen LogP contribution is -2.42. The van der Waals surface area contributed by atoms with Crippen molar-refractivity contribution >= 4 is 5.91 Å². The highest BCUT2D eigenvalue weighted by atomic mass is 16.5. The maximum absolute atomic E-state index is 12.5. The normalized spacial score (nSPS) is 22.9. The third-order valence-electron chi connectivity index (χ3n) is 5.56. The van der Waals surface area contributed by atoms with Gasteiger partial charge < -0.3 is 19.8 Å². The molecule has 2 aromatic carbocycles. The zero-order chi connectivity index (χ0) is 18.9. The van der Waals surface area contributed by atoms with E-state index in [0.29, 0.717) is 23.6 Å². The van der Waals surface area contributed by atoms with Gasteiger partial charge >= 0.3 is 0 Å². The van der Waals surface area contributed by atoms with Gasteiger partial charge in [0.25, 0.3) is 5.91 Å². The second kappa shape index (κ2) is 7.17. The van der Waals surface area contributed by atoms with Gasteiger partial charge in [0.1, 0.15) is 17.3 Å². The number of hydrogen-bond donors (Lipinski definition) is 2. The van der Waals surface area contributed by atoms with Crippen molar-refractivity contribution in [2.45, 2.75) is 37.4 Å². The fraction of sp³-hybridized carbons (Fsp3) is 0.261. The molecule has 2 aliphatic rings. The van der Waals surface area contributed by atoms with E-state index in [1.54, 1.807) is 6.07 Å². The van der Waals surface area contributed by atoms with Gasteiger partial charge in [-0.05, 0) is 67.8 Å². The van der Waals surface area contributed by atoms with Crippen LogP contribution >= 0.6 is 0 Å². The van der Waals surface area contributed by atoms with Crippen LogP contribution in [0.4, 0.5) is 0 Å². The monoisotopic (exact) mass is 374 g/mol. The van der Waals surface area contributed by atoms with E-state index in [2.05, 4.69) is 10.6 Å². The summed E-state index contributed by atoms with van der Waals surface area (Å²) in [5, 5.41) is 6.64. The van der Waals surface area contributed by atoms with Crippen molar-refractivity contribution in [2.24, 2.45) is 0 Å². The third-order valence-corrected chi connectivity index (χ3v) is 5.56. The van der Waals surface area contributed by atoms with Gasteiger partial charge in [0, 0.05) is 23.7 Å². The highest BCUT2D eigenvalue weighted by Gasteiger charge is 2.39. The summed E-state index contributed by atoms with van der Waals surface area (Å²) in [6.07, 6.45) is 3.36. The number of rotatable bonds is 5. The Kier molecular flexibility index (Phi) is 4.37. The molecule has 2 bridgehead atoms. The molecule has 3 aromatic rings. The highest BCUT2D eigenvalue weighted by Crippen LogP contribution is 2.29. The fourth-order valence-corrected chi connectivity index (χ4v) is 4.15. The summed E-state index contributed by atoms with van der Waals surface area (Å²) >= 11 is 0. The molecule has 5 nitrogen and oxygen atoms in total. The maximum atomic E-state index is 12.5. The van der Waals surface area contributed by atoms with Gasteiger partial charge in [-0.2, -0.15) is 0 Å². The van der Waals surface area contributed by atoms with Crippen molar-refractivity contribution in [2.75, 3.05) is 0 Å². The van der Waals surface area contributed by atoms with E-state index < -0.39 is 0 Å². The molecule has 0 spiro atoms. The minimum atomic E-state index is -0.144. The van der Waals surface area contributed by atoms with Gasteiger partial charge in [-0.1, -0.05) is 18.2 Å².